The standard InChI is InChI=1S/C11H12N2O2S.C2H6/c14-6-4-10(15)13-8-2-1-3-9-11(8)12-5-7-16-9;1-2/h1-3,5,14H,4,6-7H2,(H,13,15);1-2H3. The van der Waals surface area contributed by atoms with Crippen LogP contribution in [0.1, 0.15) is 20.3 Å². The van der Waals surface area contributed by atoms with E-state index in [4.69, 9.17) is 5.11 Å². The molecule has 2 N–H and O–H groups in total. The molecule has 1 aromatic carbocycles. The molecule has 0 atom stereocenters. The molecule has 0 saturated heterocycles. The van der Waals surface area contributed by atoms with Crippen molar-refractivity contribution in [3.63, 3.8) is 0 Å². The molecule has 0 fully saturated rings. The number of carbonyl (C=O) groups excluding carboxylic acids is 1. The van der Waals surface area contributed by atoms with Crippen molar-refractivity contribution in [2.75, 3.05) is 17.7 Å². The molecule has 18 heavy (non-hydrogen) atoms. The summed E-state index contributed by atoms with van der Waals surface area (Å²) in [5, 5.41) is 11.4. The van der Waals surface area contributed by atoms with Gasteiger partial charge in [0.2, 0.25) is 5.91 Å². The van der Waals surface area contributed by atoms with Gasteiger partial charge in [0.05, 0.1) is 24.4 Å². The monoisotopic (exact) mass is 266 g/mol. The summed E-state index contributed by atoms with van der Waals surface area (Å²) >= 11 is 1.69. The predicted molar refractivity (Wildman–Crippen MR) is 77.0 cm³/mol. The van der Waals surface area contributed by atoms with Gasteiger partial charge < -0.3 is 10.4 Å². The maximum atomic E-state index is 11.4. The van der Waals surface area contributed by atoms with Crippen molar-refractivity contribution in [1.82, 2.24) is 0 Å². The van der Waals surface area contributed by atoms with E-state index < -0.39 is 0 Å². The van der Waals surface area contributed by atoms with Crippen LogP contribution < -0.4 is 5.32 Å². The first-order valence-electron chi connectivity index (χ1n) is 6.00. The number of fused-ring (bicyclic) bond motifs is 1. The van der Waals surface area contributed by atoms with E-state index in [0.29, 0.717) is 5.69 Å². The molecular formula is C13H18N2O2S. The normalized spacial score (nSPS) is 12.2. The molecule has 0 aromatic heterocycles. The van der Waals surface area contributed by atoms with Crippen molar-refractivity contribution in [1.29, 1.82) is 0 Å². The van der Waals surface area contributed by atoms with E-state index in [1.165, 1.54) is 0 Å². The third-order valence-corrected chi connectivity index (χ3v) is 3.10. The third kappa shape index (κ3) is 3.85. The fourth-order valence-electron chi connectivity index (χ4n) is 1.44. The van der Waals surface area contributed by atoms with Gasteiger partial charge in [-0.15, -0.1) is 11.8 Å². The number of hydrogen-bond donors (Lipinski definition) is 2. The van der Waals surface area contributed by atoms with Gasteiger partial charge in [0, 0.05) is 16.9 Å². The smallest absolute Gasteiger partial charge is 0.226 e. The van der Waals surface area contributed by atoms with E-state index in [1.807, 2.05) is 38.3 Å². The number of hydrogen-bond acceptors (Lipinski definition) is 4. The predicted octanol–water partition coefficient (Wildman–Crippen LogP) is 2.84. The van der Waals surface area contributed by atoms with Crippen molar-refractivity contribution in [3.05, 3.63) is 18.2 Å². The zero-order chi connectivity index (χ0) is 13.4. The quantitative estimate of drug-likeness (QED) is 0.884. The average molecular weight is 266 g/mol. The lowest BCUT2D eigenvalue weighted by Crippen LogP contribution is -2.13. The van der Waals surface area contributed by atoms with E-state index in [0.717, 1.165) is 16.3 Å². The highest BCUT2D eigenvalue weighted by molar-refractivity contribution is 8.00. The van der Waals surface area contributed by atoms with Gasteiger partial charge in [-0.1, -0.05) is 19.9 Å². The lowest BCUT2D eigenvalue weighted by atomic mass is 10.2. The topological polar surface area (TPSA) is 61.7 Å². The highest BCUT2D eigenvalue weighted by Gasteiger charge is 2.12. The Morgan fingerprint density at radius 3 is 3.00 bits per heavy atom. The van der Waals surface area contributed by atoms with Crippen LogP contribution in [0.2, 0.25) is 0 Å². The van der Waals surface area contributed by atoms with E-state index >= 15 is 0 Å². The van der Waals surface area contributed by atoms with Crippen molar-refractivity contribution in [2.24, 2.45) is 4.99 Å². The Morgan fingerprint density at radius 1 is 1.50 bits per heavy atom. The van der Waals surface area contributed by atoms with Crippen LogP contribution in [0.3, 0.4) is 0 Å². The molecular weight excluding hydrogens is 248 g/mol. The molecule has 0 bridgehead atoms. The second-order valence-electron chi connectivity index (χ2n) is 3.30. The van der Waals surface area contributed by atoms with Gasteiger partial charge in [0.1, 0.15) is 0 Å². The van der Waals surface area contributed by atoms with Gasteiger partial charge in [0.15, 0.2) is 0 Å². The number of nitrogens with one attached hydrogen (secondary N) is 1. The number of aliphatic imine (C=N–C) groups is 1. The molecule has 98 valence electrons. The van der Waals surface area contributed by atoms with E-state index in [9.17, 15) is 4.79 Å². The van der Waals surface area contributed by atoms with Crippen LogP contribution in [0.15, 0.2) is 28.1 Å². The second kappa shape index (κ2) is 7.89. The average Bonchev–Trinajstić information content (AvgIpc) is 2.42. The van der Waals surface area contributed by atoms with Crippen LogP contribution in [0.4, 0.5) is 11.4 Å². The summed E-state index contributed by atoms with van der Waals surface area (Å²) in [6.45, 7) is 3.86. The Hall–Kier alpha value is -1.33. The van der Waals surface area contributed by atoms with Crippen LogP contribution in [0.25, 0.3) is 0 Å². The highest BCUT2D eigenvalue weighted by Crippen LogP contribution is 2.38. The molecule has 0 aliphatic carbocycles. The number of aliphatic hydroxyl groups is 1. The zero-order valence-corrected chi connectivity index (χ0v) is 11.5. The van der Waals surface area contributed by atoms with Crippen molar-refractivity contribution < 1.29 is 9.90 Å². The lowest BCUT2D eigenvalue weighted by molar-refractivity contribution is -0.116. The Balaban J connectivity index is 0.000000771. The SMILES string of the molecule is CC.O=C(CCO)Nc1cccc2c1N=CCS2. The van der Waals surface area contributed by atoms with Crippen molar-refractivity contribution in [3.8, 4) is 0 Å². The largest absolute Gasteiger partial charge is 0.396 e. The van der Waals surface area contributed by atoms with Gasteiger partial charge in [-0.05, 0) is 12.1 Å². The summed E-state index contributed by atoms with van der Waals surface area (Å²) in [5.41, 5.74) is 1.52. The van der Waals surface area contributed by atoms with Crippen molar-refractivity contribution in [2.45, 2.75) is 25.2 Å². The van der Waals surface area contributed by atoms with Crippen molar-refractivity contribution >= 4 is 35.3 Å². The van der Waals surface area contributed by atoms with E-state index in [1.54, 1.807) is 11.8 Å². The summed E-state index contributed by atoms with van der Waals surface area (Å²) in [6.07, 6.45) is 1.94. The molecule has 4 nitrogen and oxygen atoms in total. The second-order valence-corrected chi connectivity index (χ2v) is 4.36. The number of benzene rings is 1. The minimum atomic E-state index is -0.193. The van der Waals surface area contributed by atoms with Crippen LogP contribution in [0.5, 0.6) is 0 Å². The van der Waals surface area contributed by atoms with Gasteiger partial charge in [-0.3, -0.25) is 9.79 Å². The number of carbonyl (C=O) groups is 1. The van der Waals surface area contributed by atoms with Crippen LogP contribution >= 0.6 is 11.8 Å². The number of thioether (sulfide) groups is 1. The number of anilines is 1. The molecule has 1 amide bonds. The molecule has 5 heteroatoms. The molecule has 0 radical (unpaired) electrons. The number of rotatable bonds is 3. The number of para-hydroxylation sites is 1. The molecule has 2 rings (SSSR count). The molecule has 1 aliphatic heterocycles. The fraction of sp³-hybridized carbons (Fsp3) is 0.385. The Labute approximate surface area is 112 Å². The molecule has 1 aliphatic rings. The summed E-state index contributed by atoms with van der Waals surface area (Å²) in [6, 6.07) is 5.69. The maximum Gasteiger partial charge on any atom is 0.226 e. The third-order valence-electron chi connectivity index (χ3n) is 2.15. The minimum absolute atomic E-state index is 0.112. The van der Waals surface area contributed by atoms with Crippen LogP contribution in [-0.4, -0.2) is 29.6 Å². The first-order valence-corrected chi connectivity index (χ1v) is 6.99. The summed E-state index contributed by atoms with van der Waals surface area (Å²) in [7, 11) is 0. The zero-order valence-electron chi connectivity index (χ0n) is 10.6. The van der Waals surface area contributed by atoms with Crippen LogP contribution in [0, 0.1) is 0 Å². The highest BCUT2D eigenvalue weighted by atomic mass is 32.2. The van der Waals surface area contributed by atoms with Gasteiger partial charge >= 0.3 is 0 Å². The van der Waals surface area contributed by atoms with Crippen LogP contribution in [-0.2, 0) is 4.79 Å². The van der Waals surface area contributed by atoms with Gasteiger partial charge in [0.25, 0.3) is 0 Å². The van der Waals surface area contributed by atoms with Gasteiger partial charge in [-0.25, -0.2) is 0 Å². The van der Waals surface area contributed by atoms with E-state index in [2.05, 4.69) is 10.3 Å². The number of amides is 1. The Morgan fingerprint density at radius 2 is 2.28 bits per heavy atom. The minimum Gasteiger partial charge on any atom is -0.396 e. The Bertz CT molecular complexity index is 433. The fourth-order valence-corrected chi connectivity index (χ4v) is 2.25. The first-order chi connectivity index (χ1) is 8.81. The summed E-state index contributed by atoms with van der Waals surface area (Å²) in [4.78, 5) is 16.7. The number of nitrogens with zero attached hydrogens (tertiary/aromatic N) is 1. The summed E-state index contributed by atoms with van der Waals surface area (Å²) in [5.74, 6) is 0.669. The summed E-state index contributed by atoms with van der Waals surface area (Å²) < 4.78 is 0. The molecule has 0 saturated carbocycles. The lowest BCUT2D eigenvalue weighted by Gasteiger charge is -2.13. The molecule has 0 unspecified atom stereocenters. The Kier molecular flexibility index (Phi) is 6.46. The van der Waals surface area contributed by atoms with Gasteiger partial charge in [-0.2, -0.15) is 0 Å². The molecule has 1 heterocycles. The first kappa shape index (κ1) is 14.7. The molecule has 0 spiro atoms. The van der Waals surface area contributed by atoms with E-state index in [-0.39, 0.29) is 18.9 Å². The molecule has 1 aromatic rings. The number of aliphatic hydroxyl groups excluding tert-OH is 1. The maximum absolute atomic E-state index is 11.4.